The molecule has 1 atom stereocenters. The van der Waals surface area contributed by atoms with Crippen molar-refractivity contribution in [3.05, 3.63) is 0 Å². The maximum atomic E-state index is 11.2. The summed E-state index contributed by atoms with van der Waals surface area (Å²) < 4.78 is 5.10. The fraction of sp³-hybridized carbons (Fsp3) is 0.857. The highest BCUT2D eigenvalue weighted by Gasteiger charge is 2.17. The molecule has 0 aliphatic heterocycles. The van der Waals surface area contributed by atoms with Crippen LogP contribution in [0.15, 0.2) is 0 Å². The second-order valence-corrected chi connectivity index (χ2v) is 2.41. The Labute approximate surface area is 67.3 Å². The van der Waals surface area contributed by atoms with Crippen molar-refractivity contribution in [3.8, 4) is 0 Å². The quantitative estimate of drug-likeness (QED) is 0.599. The highest BCUT2D eigenvalue weighted by Crippen LogP contribution is 1.93. The Kier molecular flexibility index (Phi) is 4.81. The number of nitrogens with zero attached hydrogens (tertiary/aromatic N) is 1. The standard InChI is InChI=1S/C7H16N2O2/c1-4-11-6(5-8)7(10)9(2)3/h6H,4-5,8H2,1-3H3. The van der Waals surface area contributed by atoms with E-state index in [2.05, 4.69) is 0 Å². The fourth-order valence-electron chi connectivity index (χ4n) is 0.729. The number of amides is 1. The molecule has 0 bridgehead atoms. The van der Waals surface area contributed by atoms with Gasteiger partial charge in [0, 0.05) is 27.2 Å². The van der Waals surface area contributed by atoms with Crippen LogP contribution in [0.3, 0.4) is 0 Å². The highest BCUT2D eigenvalue weighted by atomic mass is 16.5. The van der Waals surface area contributed by atoms with Gasteiger partial charge in [0.15, 0.2) is 0 Å². The van der Waals surface area contributed by atoms with E-state index in [1.165, 1.54) is 4.90 Å². The third kappa shape index (κ3) is 3.34. The predicted octanol–water partition coefficient (Wildman–Crippen LogP) is -0.562. The summed E-state index contributed by atoms with van der Waals surface area (Å²) >= 11 is 0. The van der Waals surface area contributed by atoms with Crippen molar-refractivity contribution in [2.24, 2.45) is 5.73 Å². The van der Waals surface area contributed by atoms with E-state index in [0.717, 1.165) is 0 Å². The summed E-state index contributed by atoms with van der Waals surface area (Å²) in [6.45, 7) is 2.60. The van der Waals surface area contributed by atoms with Crippen LogP contribution in [0.25, 0.3) is 0 Å². The van der Waals surface area contributed by atoms with Crippen molar-refractivity contribution < 1.29 is 9.53 Å². The second-order valence-electron chi connectivity index (χ2n) is 2.41. The Balaban J connectivity index is 3.92. The van der Waals surface area contributed by atoms with Gasteiger partial charge < -0.3 is 15.4 Å². The molecule has 0 saturated heterocycles. The van der Waals surface area contributed by atoms with Gasteiger partial charge in [0.05, 0.1) is 0 Å². The van der Waals surface area contributed by atoms with E-state index >= 15 is 0 Å². The van der Waals surface area contributed by atoms with Crippen LogP contribution in [-0.4, -0.2) is 44.2 Å². The number of likely N-dealkylation sites (N-methyl/N-ethyl adjacent to an activating group) is 1. The Morgan fingerprint density at radius 1 is 1.64 bits per heavy atom. The molecule has 0 aliphatic rings. The third-order valence-electron chi connectivity index (χ3n) is 1.30. The lowest BCUT2D eigenvalue weighted by Crippen LogP contribution is -2.40. The van der Waals surface area contributed by atoms with Crippen molar-refractivity contribution in [2.75, 3.05) is 27.2 Å². The maximum absolute atomic E-state index is 11.2. The molecule has 0 fully saturated rings. The van der Waals surface area contributed by atoms with E-state index < -0.39 is 6.10 Å². The first-order valence-corrected chi connectivity index (χ1v) is 3.66. The number of hydrogen-bond donors (Lipinski definition) is 1. The summed E-state index contributed by atoms with van der Waals surface area (Å²) in [5.41, 5.74) is 5.33. The van der Waals surface area contributed by atoms with Gasteiger partial charge in [-0.1, -0.05) is 0 Å². The van der Waals surface area contributed by atoms with Crippen LogP contribution in [0.2, 0.25) is 0 Å². The van der Waals surface area contributed by atoms with Gasteiger partial charge in [-0.25, -0.2) is 0 Å². The van der Waals surface area contributed by atoms with E-state index in [-0.39, 0.29) is 12.5 Å². The molecule has 2 N–H and O–H groups in total. The smallest absolute Gasteiger partial charge is 0.252 e. The molecule has 0 aromatic rings. The molecule has 66 valence electrons. The zero-order chi connectivity index (χ0) is 8.85. The first-order chi connectivity index (χ1) is 5.13. The van der Waals surface area contributed by atoms with Gasteiger partial charge in [-0.2, -0.15) is 0 Å². The Bertz CT molecular complexity index is 126. The average molecular weight is 160 g/mol. The van der Waals surface area contributed by atoms with Crippen LogP contribution in [0.1, 0.15) is 6.92 Å². The van der Waals surface area contributed by atoms with Crippen LogP contribution in [0.4, 0.5) is 0 Å². The third-order valence-corrected chi connectivity index (χ3v) is 1.30. The molecule has 0 rings (SSSR count). The maximum Gasteiger partial charge on any atom is 0.252 e. The largest absolute Gasteiger partial charge is 0.367 e. The van der Waals surface area contributed by atoms with Crippen molar-refractivity contribution in [3.63, 3.8) is 0 Å². The van der Waals surface area contributed by atoms with Crippen LogP contribution in [-0.2, 0) is 9.53 Å². The number of nitrogens with two attached hydrogens (primary N) is 1. The van der Waals surface area contributed by atoms with Gasteiger partial charge in [0.25, 0.3) is 5.91 Å². The summed E-state index contributed by atoms with van der Waals surface area (Å²) in [5, 5.41) is 0. The summed E-state index contributed by atoms with van der Waals surface area (Å²) in [6.07, 6.45) is -0.477. The summed E-state index contributed by atoms with van der Waals surface area (Å²) in [6, 6.07) is 0. The van der Waals surface area contributed by atoms with Crippen molar-refractivity contribution in [1.29, 1.82) is 0 Å². The average Bonchev–Trinajstić information content (AvgIpc) is 1.98. The lowest BCUT2D eigenvalue weighted by Gasteiger charge is -2.18. The molecule has 0 saturated carbocycles. The molecule has 0 radical (unpaired) electrons. The molecule has 4 nitrogen and oxygen atoms in total. The minimum absolute atomic E-state index is 0.0747. The zero-order valence-corrected chi connectivity index (χ0v) is 7.33. The normalized spacial score (nSPS) is 12.7. The number of carbonyl (C=O) groups is 1. The van der Waals surface area contributed by atoms with Crippen molar-refractivity contribution in [2.45, 2.75) is 13.0 Å². The Morgan fingerprint density at radius 3 is 2.45 bits per heavy atom. The van der Waals surface area contributed by atoms with Crippen LogP contribution in [0, 0.1) is 0 Å². The lowest BCUT2D eigenvalue weighted by molar-refractivity contribution is -0.140. The van der Waals surface area contributed by atoms with Gasteiger partial charge in [-0.3, -0.25) is 4.79 Å². The minimum atomic E-state index is -0.477. The molecule has 4 heteroatoms. The molecule has 0 heterocycles. The molecule has 0 aromatic heterocycles. The zero-order valence-electron chi connectivity index (χ0n) is 7.33. The van der Waals surface area contributed by atoms with Crippen LogP contribution < -0.4 is 5.73 Å². The van der Waals surface area contributed by atoms with Gasteiger partial charge in [0.1, 0.15) is 6.10 Å². The fourth-order valence-corrected chi connectivity index (χ4v) is 0.729. The van der Waals surface area contributed by atoms with E-state index in [0.29, 0.717) is 6.61 Å². The first-order valence-electron chi connectivity index (χ1n) is 3.66. The van der Waals surface area contributed by atoms with E-state index in [4.69, 9.17) is 10.5 Å². The molecule has 0 spiro atoms. The van der Waals surface area contributed by atoms with Crippen molar-refractivity contribution in [1.82, 2.24) is 4.90 Å². The van der Waals surface area contributed by atoms with Crippen LogP contribution in [0.5, 0.6) is 0 Å². The SMILES string of the molecule is CCOC(CN)C(=O)N(C)C. The van der Waals surface area contributed by atoms with Crippen LogP contribution >= 0.6 is 0 Å². The number of rotatable bonds is 4. The predicted molar refractivity (Wildman–Crippen MR) is 43.2 cm³/mol. The molecule has 1 unspecified atom stereocenters. The lowest BCUT2D eigenvalue weighted by atomic mass is 10.3. The van der Waals surface area contributed by atoms with E-state index in [1.54, 1.807) is 14.1 Å². The van der Waals surface area contributed by atoms with Gasteiger partial charge in [-0.05, 0) is 6.92 Å². The minimum Gasteiger partial charge on any atom is -0.367 e. The van der Waals surface area contributed by atoms with E-state index in [1.807, 2.05) is 6.92 Å². The summed E-state index contributed by atoms with van der Waals surface area (Å²) in [7, 11) is 3.37. The van der Waals surface area contributed by atoms with E-state index in [9.17, 15) is 4.79 Å². The first kappa shape index (κ1) is 10.4. The monoisotopic (exact) mass is 160 g/mol. The highest BCUT2D eigenvalue weighted by molar-refractivity contribution is 5.80. The topological polar surface area (TPSA) is 55.6 Å². The number of carbonyl (C=O) groups excluding carboxylic acids is 1. The van der Waals surface area contributed by atoms with Crippen molar-refractivity contribution >= 4 is 5.91 Å². The molecule has 11 heavy (non-hydrogen) atoms. The summed E-state index contributed by atoms with van der Waals surface area (Å²) in [4.78, 5) is 12.7. The van der Waals surface area contributed by atoms with Gasteiger partial charge in [-0.15, -0.1) is 0 Å². The molecule has 1 amide bonds. The Morgan fingerprint density at radius 2 is 2.18 bits per heavy atom. The molecule has 0 aliphatic carbocycles. The summed E-state index contributed by atoms with van der Waals surface area (Å²) in [5.74, 6) is -0.0747. The Hall–Kier alpha value is -0.610. The van der Waals surface area contributed by atoms with Gasteiger partial charge in [0.2, 0.25) is 0 Å². The van der Waals surface area contributed by atoms with Gasteiger partial charge >= 0.3 is 0 Å². The molecular weight excluding hydrogens is 144 g/mol. The number of hydrogen-bond acceptors (Lipinski definition) is 3. The molecule has 0 aromatic carbocycles. The second kappa shape index (κ2) is 5.09. The number of ether oxygens (including phenoxy) is 1. The molecular formula is C7H16N2O2.